The predicted molar refractivity (Wildman–Crippen MR) is 110 cm³/mol. The Kier molecular flexibility index (Phi) is 7.12. The summed E-state index contributed by atoms with van der Waals surface area (Å²) in [5, 5.41) is 14.4. The topological polar surface area (TPSA) is 115 Å². The van der Waals surface area contributed by atoms with Crippen LogP contribution >= 0.6 is 15.9 Å². The Morgan fingerprint density at radius 2 is 1.93 bits per heavy atom. The van der Waals surface area contributed by atoms with E-state index in [2.05, 4.69) is 31.5 Å². The number of benzene rings is 1. The normalized spacial score (nSPS) is 10.2. The minimum absolute atomic E-state index is 0.0603. The highest BCUT2D eigenvalue weighted by atomic mass is 79.9. The molecule has 0 aliphatic carbocycles. The molecule has 0 unspecified atom stereocenters. The number of hydrogen-bond acceptors (Lipinski definition) is 4. The van der Waals surface area contributed by atoms with Gasteiger partial charge in [-0.25, -0.2) is 0 Å². The van der Waals surface area contributed by atoms with E-state index in [4.69, 9.17) is 5.26 Å². The van der Waals surface area contributed by atoms with Crippen molar-refractivity contribution in [2.45, 2.75) is 33.6 Å². The van der Waals surface area contributed by atoms with E-state index in [-0.39, 0.29) is 30.3 Å². The number of aromatic nitrogens is 1. The van der Waals surface area contributed by atoms with Gasteiger partial charge in [0.1, 0.15) is 11.6 Å². The first-order chi connectivity index (χ1) is 13.2. The van der Waals surface area contributed by atoms with Crippen LogP contribution in [0.3, 0.4) is 0 Å². The van der Waals surface area contributed by atoms with Gasteiger partial charge in [-0.1, -0.05) is 15.9 Å². The van der Waals surface area contributed by atoms with Gasteiger partial charge >= 0.3 is 0 Å². The van der Waals surface area contributed by atoms with Crippen LogP contribution in [0.5, 0.6) is 0 Å². The molecule has 2 amide bonds. The van der Waals surface area contributed by atoms with Gasteiger partial charge in [0, 0.05) is 22.3 Å². The van der Waals surface area contributed by atoms with Crippen molar-refractivity contribution < 1.29 is 9.59 Å². The Morgan fingerprint density at radius 3 is 2.57 bits per heavy atom. The van der Waals surface area contributed by atoms with Gasteiger partial charge in [-0.2, -0.15) is 5.26 Å². The van der Waals surface area contributed by atoms with Crippen molar-refractivity contribution in [1.29, 1.82) is 5.26 Å². The molecule has 3 N–H and O–H groups in total. The second kappa shape index (κ2) is 9.33. The second-order valence-electron chi connectivity index (χ2n) is 6.46. The maximum Gasteiger partial charge on any atom is 0.266 e. The highest BCUT2D eigenvalue weighted by molar-refractivity contribution is 9.10. The molecule has 2 aromatic rings. The number of hydrogen-bond donors (Lipinski definition) is 3. The molecule has 0 saturated carbocycles. The molecule has 2 rings (SSSR count). The standard InChI is InChI=1S/C20H21BrN4O3/c1-11-8-14(4-6-17(11)21)25-19(27)10-23-18(26)7-5-15-12(2)16(9-22)20(28)24-13(15)3/h4,6,8H,5,7,10H2,1-3H3,(H,23,26)(H,24,28)(H,25,27). The number of nitriles is 1. The number of nitrogens with one attached hydrogen (secondary N) is 3. The van der Waals surface area contributed by atoms with E-state index in [0.717, 1.165) is 15.6 Å². The number of halogens is 1. The summed E-state index contributed by atoms with van der Waals surface area (Å²) >= 11 is 3.40. The van der Waals surface area contributed by atoms with Crippen LogP contribution < -0.4 is 16.2 Å². The smallest absolute Gasteiger partial charge is 0.266 e. The summed E-state index contributed by atoms with van der Waals surface area (Å²) in [7, 11) is 0. The lowest BCUT2D eigenvalue weighted by Gasteiger charge is -2.11. The van der Waals surface area contributed by atoms with Gasteiger partial charge in [0.25, 0.3) is 5.56 Å². The van der Waals surface area contributed by atoms with Crippen LogP contribution in [0.4, 0.5) is 5.69 Å². The Balaban J connectivity index is 1.89. The fourth-order valence-electron chi connectivity index (χ4n) is 2.85. The Bertz CT molecular complexity index is 1020. The molecule has 0 bridgehead atoms. The first kappa shape index (κ1) is 21.4. The van der Waals surface area contributed by atoms with Crippen LogP contribution in [0.15, 0.2) is 27.5 Å². The summed E-state index contributed by atoms with van der Waals surface area (Å²) in [6.45, 7) is 5.21. The highest BCUT2D eigenvalue weighted by Gasteiger charge is 2.14. The SMILES string of the molecule is Cc1cc(NC(=O)CNC(=O)CCc2c(C)[nH]c(=O)c(C#N)c2C)ccc1Br. The van der Waals surface area contributed by atoms with Gasteiger partial charge in [0.05, 0.1) is 6.54 Å². The van der Waals surface area contributed by atoms with E-state index in [9.17, 15) is 14.4 Å². The lowest BCUT2D eigenvalue weighted by atomic mass is 9.99. The van der Waals surface area contributed by atoms with E-state index >= 15 is 0 Å². The van der Waals surface area contributed by atoms with Gasteiger partial charge < -0.3 is 15.6 Å². The van der Waals surface area contributed by atoms with Crippen LogP contribution in [0.25, 0.3) is 0 Å². The van der Waals surface area contributed by atoms with Gasteiger partial charge in [-0.3, -0.25) is 14.4 Å². The van der Waals surface area contributed by atoms with Gasteiger partial charge in [0.15, 0.2) is 0 Å². The molecule has 8 heteroatoms. The van der Waals surface area contributed by atoms with E-state index in [1.165, 1.54) is 0 Å². The van der Waals surface area contributed by atoms with E-state index < -0.39 is 5.56 Å². The van der Waals surface area contributed by atoms with Crippen LogP contribution in [-0.4, -0.2) is 23.3 Å². The lowest BCUT2D eigenvalue weighted by Crippen LogP contribution is -2.33. The van der Waals surface area contributed by atoms with E-state index in [1.807, 2.05) is 25.1 Å². The van der Waals surface area contributed by atoms with Crippen LogP contribution in [0.2, 0.25) is 0 Å². The van der Waals surface area contributed by atoms with Gasteiger partial charge in [-0.05, 0) is 62.1 Å². The number of carbonyl (C=O) groups is 2. The minimum atomic E-state index is -0.425. The van der Waals surface area contributed by atoms with Gasteiger partial charge in [0.2, 0.25) is 11.8 Å². The number of amides is 2. The Labute approximate surface area is 171 Å². The molecule has 28 heavy (non-hydrogen) atoms. The molecule has 0 aliphatic heterocycles. The zero-order chi connectivity index (χ0) is 20.8. The Morgan fingerprint density at radius 1 is 1.21 bits per heavy atom. The maximum atomic E-state index is 12.1. The molecule has 0 saturated heterocycles. The molecular formula is C20H21BrN4O3. The number of nitrogens with zero attached hydrogens (tertiary/aromatic N) is 1. The van der Waals surface area contributed by atoms with E-state index in [1.54, 1.807) is 19.9 Å². The zero-order valence-electron chi connectivity index (χ0n) is 15.9. The van der Waals surface area contributed by atoms with Crippen molar-refractivity contribution in [3.63, 3.8) is 0 Å². The molecule has 0 radical (unpaired) electrons. The third kappa shape index (κ3) is 5.30. The molecule has 1 aromatic heterocycles. The summed E-state index contributed by atoms with van der Waals surface area (Å²) in [5.74, 6) is -0.608. The molecule has 146 valence electrons. The van der Waals surface area contributed by atoms with Crippen molar-refractivity contribution in [3.8, 4) is 6.07 Å². The summed E-state index contributed by atoms with van der Waals surface area (Å²) < 4.78 is 0.950. The molecule has 1 aromatic carbocycles. The van der Waals surface area contributed by atoms with E-state index in [0.29, 0.717) is 23.4 Å². The third-order valence-electron chi connectivity index (χ3n) is 4.41. The molecule has 1 heterocycles. The predicted octanol–water partition coefficient (Wildman–Crippen LogP) is 2.62. The first-order valence-electron chi connectivity index (χ1n) is 8.68. The number of carbonyl (C=O) groups excluding carboxylic acids is 2. The number of anilines is 1. The van der Waals surface area contributed by atoms with Crippen molar-refractivity contribution in [2.75, 3.05) is 11.9 Å². The summed E-state index contributed by atoms with van der Waals surface area (Å²) in [5.41, 5.74) is 3.27. The summed E-state index contributed by atoms with van der Waals surface area (Å²) in [4.78, 5) is 38.5. The number of rotatable bonds is 6. The summed E-state index contributed by atoms with van der Waals surface area (Å²) in [6.07, 6.45) is 0.506. The zero-order valence-corrected chi connectivity index (χ0v) is 17.5. The molecule has 0 atom stereocenters. The van der Waals surface area contributed by atoms with Crippen LogP contribution in [0, 0.1) is 32.1 Å². The lowest BCUT2D eigenvalue weighted by molar-refractivity contribution is -0.124. The van der Waals surface area contributed by atoms with Crippen molar-refractivity contribution in [1.82, 2.24) is 10.3 Å². The molecule has 7 nitrogen and oxygen atoms in total. The fourth-order valence-corrected chi connectivity index (χ4v) is 3.10. The van der Waals surface area contributed by atoms with Crippen molar-refractivity contribution >= 4 is 33.4 Å². The maximum absolute atomic E-state index is 12.1. The quantitative estimate of drug-likeness (QED) is 0.634. The Hall–Kier alpha value is -2.92. The monoisotopic (exact) mass is 444 g/mol. The molecule has 0 spiro atoms. The van der Waals surface area contributed by atoms with Crippen LogP contribution in [-0.2, 0) is 16.0 Å². The number of H-pyrrole nitrogens is 1. The highest BCUT2D eigenvalue weighted by Crippen LogP contribution is 2.20. The van der Waals surface area contributed by atoms with Crippen molar-refractivity contribution in [3.05, 3.63) is 61.0 Å². The molecule has 0 fully saturated rings. The fraction of sp³-hybridized carbons (Fsp3) is 0.300. The number of aromatic amines is 1. The van der Waals surface area contributed by atoms with Crippen LogP contribution in [0.1, 0.15) is 34.4 Å². The molecular weight excluding hydrogens is 424 g/mol. The molecule has 0 aliphatic rings. The number of pyridine rings is 1. The minimum Gasteiger partial charge on any atom is -0.347 e. The summed E-state index contributed by atoms with van der Waals surface area (Å²) in [6, 6.07) is 7.33. The van der Waals surface area contributed by atoms with Crippen molar-refractivity contribution in [2.24, 2.45) is 0 Å². The average Bonchev–Trinajstić information content (AvgIpc) is 2.63. The van der Waals surface area contributed by atoms with Gasteiger partial charge in [-0.15, -0.1) is 0 Å². The largest absolute Gasteiger partial charge is 0.347 e. The second-order valence-corrected chi connectivity index (χ2v) is 7.31. The number of aryl methyl sites for hydroxylation is 2. The average molecular weight is 445 g/mol. The first-order valence-corrected chi connectivity index (χ1v) is 9.47. The third-order valence-corrected chi connectivity index (χ3v) is 5.30.